The largest absolute Gasteiger partial charge is 0.465 e. The second-order valence-electron chi connectivity index (χ2n) is 9.11. The minimum Gasteiger partial charge on any atom is -0.465 e. The second-order valence-corrected chi connectivity index (χ2v) is 9.11. The molecule has 0 unspecified atom stereocenters. The van der Waals surface area contributed by atoms with E-state index >= 15 is 0 Å². The molecule has 1 N–H and O–H groups in total. The molecule has 2 aliphatic carbocycles. The van der Waals surface area contributed by atoms with Crippen LogP contribution >= 0.6 is 0 Å². The summed E-state index contributed by atoms with van der Waals surface area (Å²) < 4.78 is 14.3. The lowest BCUT2D eigenvalue weighted by atomic mass is 9.89. The molecule has 0 atom stereocenters. The Labute approximate surface area is 191 Å². The number of hydrogen-bond acceptors (Lipinski definition) is 3. The standard InChI is InChI=1S/C27H36N2O3/c1-3-4-15-28-27(30)23-16-24(29(20(23)2)17-21-11-7-5-8-12-21)26-19-31-18-25(32-26)22-13-9-6-10-14-22/h6,9,13,16,18-19,21H,3-5,7-8,10-12,14-15,17H2,1-2H3,(H,28,30). The van der Waals surface area contributed by atoms with Gasteiger partial charge in [-0.15, -0.1) is 0 Å². The van der Waals surface area contributed by atoms with Crippen molar-refractivity contribution >= 4 is 11.7 Å². The summed E-state index contributed by atoms with van der Waals surface area (Å²) in [5.74, 6) is 2.05. The van der Waals surface area contributed by atoms with Gasteiger partial charge in [-0.2, -0.15) is 0 Å². The molecule has 1 aromatic rings. The quantitative estimate of drug-likeness (QED) is 0.482. The van der Waals surface area contributed by atoms with Crippen molar-refractivity contribution in [2.45, 2.75) is 78.2 Å². The Morgan fingerprint density at radius 2 is 2.00 bits per heavy atom. The Morgan fingerprint density at radius 1 is 1.19 bits per heavy atom. The van der Waals surface area contributed by atoms with Gasteiger partial charge in [-0.1, -0.05) is 50.8 Å². The molecule has 1 saturated carbocycles. The first kappa shape index (κ1) is 22.5. The number of aromatic nitrogens is 1. The minimum absolute atomic E-state index is 0.00665. The first-order chi connectivity index (χ1) is 15.7. The van der Waals surface area contributed by atoms with Crippen molar-refractivity contribution in [1.82, 2.24) is 9.88 Å². The number of carbonyl (C=O) groups is 1. The van der Waals surface area contributed by atoms with Crippen LogP contribution in [0.2, 0.25) is 0 Å². The number of nitrogens with zero attached hydrogens (tertiary/aromatic N) is 1. The molecular weight excluding hydrogens is 400 g/mol. The number of ether oxygens (including phenoxy) is 2. The molecule has 5 heteroatoms. The van der Waals surface area contributed by atoms with E-state index < -0.39 is 0 Å². The second kappa shape index (κ2) is 10.8. The van der Waals surface area contributed by atoms with Crippen LogP contribution in [-0.4, -0.2) is 17.0 Å². The van der Waals surface area contributed by atoms with Crippen LogP contribution in [0.15, 0.2) is 48.2 Å². The Hall–Kier alpha value is -2.69. The minimum atomic E-state index is -0.00665. The van der Waals surface area contributed by atoms with E-state index in [1.54, 1.807) is 12.5 Å². The van der Waals surface area contributed by atoms with E-state index in [1.807, 2.05) is 6.07 Å². The van der Waals surface area contributed by atoms with Crippen molar-refractivity contribution < 1.29 is 14.3 Å². The Kier molecular flexibility index (Phi) is 7.56. The van der Waals surface area contributed by atoms with E-state index in [0.717, 1.165) is 60.5 Å². The van der Waals surface area contributed by atoms with Gasteiger partial charge in [0.2, 0.25) is 0 Å². The fourth-order valence-electron chi connectivity index (χ4n) is 4.80. The van der Waals surface area contributed by atoms with Crippen molar-refractivity contribution in [3.8, 4) is 0 Å². The van der Waals surface area contributed by atoms with Gasteiger partial charge in [-0.05, 0) is 56.6 Å². The van der Waals surface area contributed by atoms with Gasteiger partial charge in [0.15, 0.2) is 11.5 Å². The summed E-state index contributed by atoms with van der Waals surface area (Å²) in [7, 11) is 0. The average molecular weight is 437 g/mol. The van der Waals surface area contributed by atoms with Crippen LogP contribution in [0, 0.1) is 12.8 Å². The summed E-state index contributed by atoms with van der Waals surface area (Å²) in [4.78, 5) is 12.9. The number of unbranched alkanes of at least 4 members (excludes halogenated alkanes) is 1. The lowest BCUT2D eigenvalue weighted by molar-refractivity contribution is 0.0952. The van der Waals surface area contributed by atoms with Gasteiger partial charge in [-0.25, -0.2) is 0 Å². The number of amides is 1. The molecule has 1 aromatic heterocycles. The Bertz CT molecular complexity index is 942. The number of hydrogen-bond donors (Lipinski definition) is 1. The number of carbonyl (C=O) groups excluding carboxylic acids is 1. The fraction of sp³-hybridized carbons (Fsp3) is 0.519. The summed E-state index contributed by atoms with van der Waals surface area (Å²) in [6.07, 6.45) is 20.0. The maximum Gasteiger partial charge on any atom is 0.253 e. The molecule has 0 spiro atoms. The summed E-state index contributed by atoms with van der Waals surface area (Å²) in [6, 6.07) is 1.98. The molecule has 0 aromatic carbocycles. The molecule has 0 radical (unpaired) electrons. The molecule has 5 nitrogen and oxygen atoms in total. The molecule has 1 fully saturated rings. The molecule has 32 heavy (non-hydrogen) atoms. The summed E-state index contributed by atoms with van der Waals surface area (Å²) in [5, 5.41) is 3.08. The van der Waals surface area contributed by atoms with Crippen LogP contribution in [0.5, 0.6) is 0 Å². The van der Waals surface area contributed by atoms with E-state index in [4.69, 9.17) is 9.47 Å². The SMILES string of the molecule is CCCCNC(=O)c1cc(C2=COC=C(C3=CC=CCC3)O2)n(CC2CCCCC2)c1C. The van der Waals surface area contributed by atoms with Crippen LogP contribution in [0.1, 0.15) is 86.5 Å². The smallest absolute Gasteiger partial charge is 0.253 e. The average Bonchev–Trinajstić information content (AvgIpc) is 3.16. The zero-order valence-electron chi connectivity index (χ0n) is 19.5. The maximum atomic E-state index is 12.9. The molecule has 1 aliphatic heterocycles. The monoisotopic (exact) mass is 436 g/mol. The van der Waals surface area contributed by atoms with Gasteiger partial charge >= 0.3 is 0 Å². The molecule has 2 heterocycles. The van der Waals surface area contributed by atoms with E-state index in [-0.39, 0.29) is 5.91 Å². The van der Waals surface area contributed by atoms with Crippen molar-refractivity contribution in [3.05, 3.63) is 65.1 Å². The van der Waals surface area contributed by atoms with Gasteiger partial charge in [0.25, 0.3) is 5.91 Å². The van der Waals surface area contributed by atoms with Crippen molar-refractivity contribution in [2.75, 3.05) is 6.54 Å². The van der Waals surface area contributed by atoms with Crippen LogP contribution in [0.25, 0.3) is 5.76 Å². The molecule has 3 aliphatic rings. The van der Waals surface area contributed by atoms with Gasteiger partial charge in [0.05, 0.1) is 11.3 Å². The number of rotatable bonds is 8. The Morgan fingerprint density at radius 3 is 2.75 bits per heavy atom. The zero-order chi connectivity index (χ0) is 22.3. The van der Waals surface area contributed by atoms with Gasteiger partial charge in [0, 0.05) is 18.8 Å². The van der Waals surface area contributed by atoms with Crippen molar-refractivity contribution in [1.29, 1.82) is 0 Å². The molecule has 0 bridgehead atoms. The van der Waals surface area contributed by atoms with E-state index in [0.29, 0.717) is 18.2 Å². The third-order valence-corrected chi connectivity index (χ3v) is 6.75. The fourth-order valence-corrected chi connectivity index (χ4v) is 4.80. The topological polar surface area (TPSA) is 52.5 Å². The van der Waals surface area contributed by atoms with Crippen molar-refractivity contribution in [2.24, 2.45) is 5.92 Å². The summed E-state index contributed by atoms with van der Waals surface area (Å²) in [5.41, 5.74) is 3.79. The normalized spacial score (nSPS) is 18.9. The third kappa shape index (κ3) is 5.20. The van der Waals surface area contributed by atoms with Gasteiger partial charge in [-0.3, -0.25) is 4.79 Å². The predicted octanol–water partition coefficient (Wildman–Crippen LogP) is 6.37. The third-order valence-electron chi connectivity index (χ3n) is 6.75. The molecule has 4 rings (SSSR count). The number of allylic oxidation sites excluding steroid dienone is 4. The summed E-state index contributed by atoms with van der Waals surface area (Å²) >= 11 is 0. The van der Waals surface area contributed by atoms with Crippen LogP contribution in [0.4, 0.5) is 0 Å². The summed E-state index contributed by atoms with van der Waals surface area (Å²) in [6.45, 7) is 5.80. The highest BCUT2D eigenvalue weighted by Crippen LogP contribution is 2.34. The maximum absolute atomic E-state index is 12.9. The zero-order valence-corrected chi connectivity index (χ0v) is 19.5. The van der Waals surface area contributed by atoms with Crippen LogP contribution < -0.4 is 5.32 Å². The highest BCUT2D eigenvalue weighted by atomic mass is 16.5. The van der Waals surface area contributed by atoms with Gasteiger partial charge in [0.1, 0.15) is 12.5 Å². The molecule has 0 saturated heterocycles. The van der Waals surface area contributed by atoms with E-state index in [9.17, 15) is 4.79 Å². The van der Waals surface area contributed by atoms with Crippen LogP contribution in [0.3, 0.4) is 0 Å². The lowest BCUT2D eigenvalue weighted by Gasteiger charge is -2.25. The Balaban J connectivity index is 1.60. The molecule has 1 amide bonds. The van der Waals surface area contributed by atoms with Crippen LogP contribution in [-0.2, 0) is 16.0 Å². The number of nitrogens with one attached hydrogen (secondary N) is 1. The van der Waals surface area contributed by atoms with E-state index in [2.05, 4.69) is 42.0 Å². The molecular formula is C27H36N2O3. The van der Waals surface area contributed by atoms with Crippen molar-refractivity contribution in [3.63, 3.8) is 0 Å². The first-order valence-corrected chi connectivity index (χ1v) is 12.3. The highest BCUT2D eigenvalue weighted by molar-refractivity contribution is 5.96. The highest BCUT2D eigenvalue weighted by Gasteiger charge is 2.26. The first-order valence-electron chi connectivity index (χ1n) is 12.3. The van der Waals surface area contributed by atoms with E-state index in [1.165, 1.54) is 32.1 Å². The molecule has 172 valence electrons. The lowest BCUT2D eigenvalue weighted by Crippen LogP contribution is -2.25. The van der Waals surface area contributed by atoms with Gasteiger partial charge < -0.3 is 19.4 Å². The predicted molar refractivity (Wildman–Crippen MR) is 128 cm³/mol.